The third kappa shape index (κ3) is 3.47. The van der Waals surface area contributed by atoms with Crippen molar-refractivity contribution in [1.82, 2.24) is 14.7 Å². The van der Waals surface area contributed by atoms with E-state index in [2.05, 4.69) is 9.80 Å². The summed E-state index contributed by atoms with van der Waals surface area (Å²) in [5, 5.41) is 0. The van der Waals surface area contributed by atoms with Crippen LogP contribution in [0.1, 0.15) is 24.8 Å². The lowest BCUT2D eigenvalue weighted by Crippen LogP contribution is -2.51. The second kappa shape index (κ2) is 6.81. The molecule has 2 heterocycles. The molecule has 1 aromatic carbocycles. The number of hydrogen-bond acceptors (Lipinski definition) is 3. The molecular weight excluding hydrogens is 305 g/mol. The zero-order valence-corrected chi connectivity index (χ0v) is 14.2. The average Bonchev–Trinajstić information content (AvgIpc) is 3.20. The standard InChI is InChI=1S/C19H26FN3O/c20-17-4-1-15(2-5-17)12-23-10-8-21(14-19(23)24)7-9-22-13-16-3-6-18(22)11-16/h1-2,4-5,16,18H,3,6-14H2/t16-,18+/m0/s1. The molecule has 1 saturated carbocycles. The van der Waals surface area contributed by atoms with E-state index in [1.165, 1.54) is 37.9 Å². The van der Waals surface area contributed by atoms with Crippen molar-refractivity contribution in [2.45, 2.75) is 31.8 Å². The Morgan fingerprint density at radius 1 is 1.08 bits per heavy atom. The number of likely N-dealkylation sites (tertiary alicyclic amines) is 1. The van der Waals surface area contributed by atoms with Gasteiger partial charge in [0.1, 0.15) is 5.82 Å². The number of piperazine rings is 1. The molecule has 1 aromatic rings. The molecule has 4 rings (SSSR count). The molecule has 0 aromatic heterocycles. The van der Waals surface area contributed by atoms with Gasteiger partial charge in [-0.1, -0.05) is 12.1 Å². The van der Waals surface area contributed by atoms with E-state index in [-0.39, 0.29) is 11.7 Å². The number of piperidine rings is 1. The smallest absolute Gasteiger partial charge is 0.237 e. The monoisotopic (exact) mass is 331 g/mol. The summed E-state index contributed by atoms with van der Waals surface area (Å²) in [5.41, 5.74) is 0.992. The Bertz CT molecular complexity index is 591. The number of carbonyl (C=O) groups is 1. The molecular formula is C19H26FN3O. The van der Waals surface area contributed by atoms with Crippen molar-refractivity contribution in [1.29, 1.82) is 0 Å². The molecule has 130 valence electrons. The number of fused-ring (bicyclic) bond motifs is 2. The first-order valence-corrected chi connectivity index (χ1v) is 9.16. The van der Waals surface area contributed by atoms with E-state index >= 15 is 0 Å². The van der Waals surface area contributed by atoms with Crippen LogP contribution < -0.4 is 0 Å². The molecule has 0 spiro atoms. The van der Waals surface area contributed by atoms with Gasteiger partial charge in [-0.25, -0.2) is 4.39 Å². The minimum atomic E-state index is -0.231. The molecule has 1 amide bonds. The van der Waals surface area contributed by atoms with Crippen molar-refractivity contribution in [3.8, 4) is 0 Å². The van der Waals surface area contributed by atoms with Crippen LogP contribution >= 0.6 is 0 Å². The second-order valence-electron chi connectivity index (χ2n) is 7.55. The van der Waals surface area contributed by atoms with Crippen molar-refractivity contribution in [2.24, 2.45) is 5.92 Å². The fourth-order valence-electron chi connectivity index (χ4n) is 4.50. The highest BCUT2D eigenvalue weighted by molar-refractivity contribution is 5.79. The first-order valence-electron chi connectivity index (χ1n) is 9.16. The fraction of sp³-hybridized carbons (Fsp3) is 0.632. The summed E-state index contributed by atoms with van der Waals surface area (Å²) in [6.07, 6.45) is 4.18. The third-order valence-electron chi connectivity index (χ3n) is 5.91. The van der Waals surface area contributed by atoms with Crippen LogP contribution in [0.25, 0.3) is 0 Å². The number of amides is 1. The van der Waals surface area contributed by atoms with Gasteiger partial charge in [-0.05, 0) is 42.9 Å². The van der Waals surface area contributed by atoms with Gasteiger partial charge in [0.05, 0.1) is 6.54 Å². The molecule has 1 aliphatic carbocycles. The van der Waals surface area contributed by atoms with Gasteiger partial charge in [0.2, 0.25) is 5.91 Å². The predicted molar refractivity (Wildman–Crippen MR) is 91.0 cm³/mol. The summed E-state index contributed by atoms with van der Waals surface area (Å²) in [4.78, 5) is 19.2. The summed E-state index contributed by atoms with van der Waals surface area (Å²) >= 11 is 0. The zero-order valence-electron chi connectivity index (χ0n) is 14.2. The molecule has 24 heavy (non-hydrogen) atoms. The largest absolute Gasteiger partial charge is 0.336 e. The highest BCUT2D eigenvalue weighted by atomic mass is 19.1. The van der Waals surface area contributed by atoms with E-state index in [0.29, 0.717) is 13.1 Å². The normalized spacial score (nSPS) is 28.0. The van der Waals surface area contributed by atoms with Gasteiger partial charge in [0.15, 0.2) is 0 Å². The van der Waals surface area contributed by atoms with Crippen molar-refractivity contribution in [3.05, 3.63) is 35.6 Å². The van der Waals surface area contributed by atoms with E-state index in [1.807, 2.05) is 4.90 Å². The number of nitrogens with zero attached hydrogens (tertiary/aromatic N) is 3. The van der Waals surface area contributed by atoms with Crippen LogP contribution in [0.5, 0.6) is 0 Å². The highest BCUT2D eigenvalue weighted by Crippen LogP contribution is 2.36. The molecule has 5 heteroatoms. The summed E-state index contributed by atoms with van der Waals surface area (Å²) < 4.78 is 13.0. The summed E-state index contributed by atoms with van der Waals surface area (Å²) in [6.45, 7) is 6.18. The Morgan fingerprint density at radius 2 is 1.92 bits per heavy atom. The third-order valence-corrected chi connectivity index (χ3v) is 5.91. The first kappa shape index (κ1) is 16.0. The Balaban J connectivity index is 1.24. The lowest BCUT2D eigenvalue weighted by Gasteiger charge is -2.36. The maximum Gasteiger partial charge on any atom is 0.237 e. The number of hydrogen-bond donors (Lipinski definition) is 0. The quantitative estimate of drug-likeness (QED) is 0.825. The van der Waals surface area contributed by atoms with Gasteiger partial charge in [-0.3, -0.25) is 14.6 Å². The van der Waals surface area contributed by atoms with Gasteiger partial charge in [0.25, 0.3) is 0 Å². The maximum atomic E-state index is 13.0. The van der Waals surface area contributed by atoms with Crippen molar-refractivity contribution < 1.29 is 9.18 Å². The van der Waals surface area contributed by atoms with Crippen LogP contribution in [0.3, 0.4) is 0 Å². The molecule has 2 saturated heterocycles. The van der Waals surface area contributed by atoms with Crippen molar-refractivity contribution in [3.63, 3.8) is 0 Å². The summed E-state index contributed by atoms with van der Waals surface area (Å²) in [6, 6.07) is 7.25. The topological polar surface area (TPSA) is 26.8 Å². The van der Waals surface area contributed by atoms with Crippen LogP contribution in [0.2, 0.25) is 0 Å². The fourth-order valence-corrected chi connectivity index (χ4v) is 4.50. The lowest BCUT2D eigenvalue weighted by molar-refractivity contribution is -0.136. The van der Waals surface area contributed by atoms with Gasteiger partial charge in [0, 0.05) is 45.3 Å². The molecule has 2 aliphatic heterocycles. The lowest BCUT2D eigenvalue weighted by atomic mass is 10.1. The number of rotatable bonds is 5. The highest BCUT2D eigenvalue weighted by Gasteiger charge is 2.37. The SMILES string of the molecule is O=C1CN(CCN2C[C@H]3CC[C@@H]2C3)CCN1Cc1ccc(F)cc1. The second-order valence-corrected chi connectivity index (χ2v) is 7.55. The molecule has 0 N–H and O–H groups in total. The maximum absolute atomic E-state index is 13.0. The molecule has 2 atom stereocenters. The van der Waals surface area contributed by atoms with Crippen LogP contribution in [0.4, 0.5) is 4.39 Å². The van der Waals surface area contributed by atoms with E-state index in [1.54, 1.807) is 12.1 Å². The van der Waals surface area contributed by atoms with Crippen LogP contribution in [0.15, 0.2) is 24.3 Å². The summed E-state index contributed by atoms with van der Waals surface area (Å²) in [7, 11) is 0. The Kier molecular flexibility index (Phi) is 4.55. The van der Waals surface area contributed by atoms with Crippen molar-refractivity contribution in [2.75, 3.05) is 39.3 Å². The molecule has 3 fully saturated rings. The molecule has 4 nitrogen and oxygen atoms in total. The minimum Gasteiger partial charge on any atom is -0.336 e. The van der Waals surface area contributed by atoms with E-state index in [0.717, 1.165) is 43.7 Å². The van der Waals surface area contributed by atoms with Crippen molar-refractivity contribution >= 4 is 5.91 Å². The van der Waals surface area contributed by atoms with Gasteiger partial charge >= 0.3 is 0 Å². The average molecular weight is 331 g/mol. The number of halogens is 1. The molecule has 0 radical (unpaired) electrons. The van der Waals surface area contributed by atoms with E-state index in [9.17, 15) is 9.18 Å². The first-order chi connectivity index (χ1) is 11.7. The summed E-state index contributed by atoms with van der Waals surface area (Å²) in [5.74, 6) is 0.892. The van der Waals surface area contributed by atoms with Gasteiger partial charge in [-0.15, -0.1) is 0 Å². The Hall–Kier alpha value is -1.46. The minimum absolute atomic E-state index is 0.188. The van der Waals surface area contributed by atoms with E-state index < -0.39 is 0 Å². The Labute approximate surface area is 143 Å². The van der Waals surface area contributed by atoms with Gasteiger partial charge < -0.3 is 4.90 Å². The van der Waals surface area contributed by atoms with Crippen LogP contribution in [-0.2, 0) is 11.3 Å². The van der Waals surface area contributed by atoms with Crippen LogP contribution in [0, 0.1) is 11.7 Å². The van der Waals surface area contributed by atoms with Gasteiger partial charge in [-0.2, -0.15) is 0 Å². The molecule has 0 unspecified atom stereocenters. The Morgan fingerprint density at radius 3 is 2.58 bits per heavy atom. The number of carbonyl (C=O) groups excluding carboxylic acids is 1. The number of benzene rings is 1. The van der Waals surface area contributed by atoms with E-state index in [4.69, 9.17) is 0 Å². The predicted octanol–water partition coefficient (Wildman–Crippen LogP) is 1.95. The van der Waals surface area contributed by atoms with Crippen LogP contribution in [-0.4, -0.2) is 65.9 Å². The molecule has 2 bridgehead atoms. The molecule has 3 aliphatic rings. The zero-order chi connectivity index (χ0) is 16.5.